The predicted molar refractivity (Wildman–Crippen MR) is 108 cm³/mol. The lowest BCUT2D eigenvalue weighted by Gasteiger charge is -2.13. The highest BCUT2D eigenvalue weighted by Gasteiger charge is 2.17. The number of pyridine rings is 1. The highest BCUT2D eigenvalue weighted by Crippen LogP contribution is 2.28. The van der Waals surface area contributed by atoms with E-state index in [9.17, 15) is 0 Å². The molecule has 2 heterocycles. The van der Waals surface area contributed by atoms with Crippen LogP contribution in [0.15, 0.2) is 54.6 Å². The number of nitrogens with zero attached hydrogens (tertiary/aromatic N) is 3. The highest BCUT2D eigenvalue weighted by atomic mass is 15.4. The average molecular weight is 345 g/mol. The van der Waals surface area contributed by atoms with Crippen molar-refractivity contribution in [1.82, 2.24) is 14.6 Å². The lowest BCUT2D eigenvalue weighted by molar-refractivity contribution is 0.710. The molecular formula is C21H23N5. The lowest BCUT2D eigenvalue weighted by Crippen LogP contribution is -2.17. The number of aryl methyl sites for hydroxylation is 1. The molecule has 4 rings (SSSR count). The van der Waals surface area contributed by atoms with Crippen molar-refractivity contribution in [3.8, 4) is 0 Å². The molecule has 26 heavy (non-hydrogen) atoms. The van der Waals surface area contributed by atoms with Crippen molar-refractivity contribution in [3.05, 3.63) is 66.0 Å². The molecule has 0 aliphatic carbocycles. The smallest absolute Gasteiger partial charge is 0.152 e. The van der Waals surface area contributed by atoms with Crippen molar-refractivity contribution < 1.29 is 0 Å². The van der Waals surface area contributed by atoms with Gasteiger partial charge >= 0.3 is 0 Å². The number of hydrogen-bond acceptors (Lipinski definition) is 4. The number of nitrogens with two attached hydrogens (primary N) is 1. The Labute approximate surface area is 152 Å². The minimum Gasteiger partial charge on any atom is -0.382 e. The molecule has 2 aromatic heterocycles. The fraction of sp³-hybridized carbons (Fsp3) is 0.238. The molecule has 4 aromatic rings. The van der Waals surface area contributed by atoms with Crippen LogP contribution in [-0.2, 0) is 13.0 Å². The Morgan fingerprint density at radius 2 is 1.77 bits per heavy atom. The maximum atomic E-state index is 6.23. The zero-order valence-electron chi connectivity index (χ0n) is 14.9. The van der Waals surface area contributed by atoms with E-state index in [0.29, 0.717) is 5.82 Å². The minimum absolute atomic E-state index is 0.483. The predicted octanol–water partition coefficient (Wildman–Crippen LogP) is 4.25. The minimum atomic E-state index is 0.483. The molecular weight excluding hydrogens is 322 g/mol. The van der Waals surface area contributed by atoms with Gasteiger partial charge in [-0.3, -0.25) is 0 Å². The summed E-state index contributed by atoms with van der Waals surface area (Å²) in [6.45, 7) is 2.91. The van der Waals surface area contributed by atoms with Crippen LogP contribution in [0.1, 0.15) is 31.2 Å². The van der Waals surface area contributed by atoms with Gasteiger partial charge in [0.05, 0.1) is 12.1 Å². The van der Waals surface area contributed by atoms with Crippen molar-refractivity contribution in [2.75, 3.05) is 11.2 Å². The van der Waals surface area contributed by atoms with Crippen LogP contribution in [0.5, 0.6) is 0 Å². The Morgan fingerprint density at radius 1 is 1.00 bits per heavy atom. The van der Waals surface area contributed by atoms with Gasteiger partial charge in [0, 0.05) is 11.8 Å². The summed E-state index contributed by atoms with van der Waals surface area (Å²) < 4.78 is 2.11. The first-order valence-electron chi connectivity index (χ1n) is 9.11. The summed E-state index contributed by atoms with van der Waals surface area (Å²) >= 11 is 0. The fourth-order valence-electron chi connectivity index (χ4n) is 3.29. The van der Waals surface area contributed by atoms with Crippen molar-refractivity contribution in [1.29, 1.82) is 0 Å². The SMILES string of the molecule is CCCCc1nc2c(N)nc3ccccc3c2n1NCc1ccccc1. The molecule has 5 heteroatoms. The molecule has 3 N–H and O–H groups in total. The molecule has 0 saturated carbocycles. The molecule has 2 aromatic carbocycles. The van der Waals surface area contributed by atoms with Crippen molar-refractivity contribution in [2.45, 2.75) is 32.7 Å². The molecule has 0 bridgehead atoms. The standard InChI is InChI=1S/C21H23N5/c1-2-3-13-18-25-19-20(16-11-7-8-12-17(16)24-21(19)22)26(18)23-14-15-9-5-4-6-10-15/h4-12,23H,2-3,13-14H2,1H3,(H2,22,24). The normalized spacial score (nSPS) is 11.3. The van der Waals surface area contributed by atoms with E-state index in [4.69, 9.17) is 10.7 Å². The summed E-state index contributed by atoms with van der Waals surface area (Å²) in [5.74, 6) is 1.49. The number of imidazole rings is 1. The first-order chi connectivity index (χ1) is 12.8. The Hall–Kier alpha value is -3.08. The number of rotatable bonds is 6. The first-order valence-corrected chi connectivity index (χ1v) is 9.11. The van der Waals surface area contributed by atoms with Gasteiger partial charge in [0.25, 0.3) is 0 Å². The van der Waals surface area contributed by atoms with E-state index in [1.54, 1.807) is 0 Å². The van der Waals surface area contributed by atoms with Gasteiger partial charge < -0.3 is 11.2 Å². The van der Waals surface area contributed by atoms with Gasteiger partial charge in [-0.1, -0.05) is 61.9 Å². The van der Waals surface area contributed by atoms with Gasteiger partial charge in [-0.05, 0) is 18.1 Å². The molecule has 0 fully saturated rings. The van der Waals surface area contributed by atoms with Crippen LogP contribution in [0.25, 0.3) is 21.9 Å². The Morgan fingerprint density at radius 3 is 2.58 bits per heavy atom. The number of nitrogen functional groups attached to an aromatic ring is 1. The molecule has 0 atom stereocenters. The Kier molecular flexibility index (Phi) is 4.44. The third-order valence-corrected chi connectivity index (χ3v) is 4.63. The van der Waals surface area contributed by atoms with Gasteiger partial charge in [0.2, 0.25) is 0 Å². The van der Waals surface area contributed by atoms with Crippen LogP contribution in [-0.4, -0.2) is 14.6 Å². The monoisotopic (exact) mass is 345 g/mol. The van der Waals surface area contributed by atoms with Crippen LogP contribution in [0, 0.1) is 0 Å². The number of aromatic nitrogens is 3. The van der Waals surface area contributed by atoms with E-state index in [-0.39, 0.29) is 0 Å². The third-order valence-electron chi connectivity index (χ3n) is 4.63. The van der Waals surface area contributed by atoms with E-state index in [0.717, 1.165) is 53.6 Å². The fourth-order valence-corrected chi connectivity index (χ4v) is 3.29. The zero-order valence-corrected chi connectivity index (χ0v) is 14.9. The summed E-state index contributed by atoms with van der Waals surface area (Å²) in [6.07, 6.45) is 3.11. The number of anilines is 1. The number of hydrogen-bond donors (Lipinski definition) is 2. The summed E-state index contributed by atoms with van der Waals surface area (Å²) in [5, 5.41) is 1.06. The van der Waals surface area contributed by atoms with Gasteiger partial charge in [-0.25, -0.2) is 14.6 Å². The molecule has 5 nitrogen and oxygen atoms in total. The van der Waals surface area contributed by atoms with Crippen LogP contribution in [0.4, 0.5) is 5.82 Å². The lowest BCUT2D eigenvalue weighted by atomic mass is 10.2. The van der Waals surface area contributed by atoms with Crippen LogP contribution in [0.2, 0.25) is 0 Å². The van der Waals surface area contributed by atoms with Gasteiger partial charge in [0.1, 0.15) is 16.9 Å². The summed E-state index contributed by atoms with van der Waals surface area (Å²) in [5.41, 5.74) is 13.7. The van der Waals surface area contributed by atoms with E-state index in [1.807, 2.05) is 24.3 Å². The highest BCUT2D eigenvalue weighted by molar-refractivity contribution is 6.06. The molecule has 0 radical (unpaired) electrons. The number of unbranched alkanes of at least 4 members (excludes halogenated alkanes) is 1. The quantitative estimate of drug-likeness (QED) is 0.548. The van der Waals surface area contributed by atoms with Gasteiger partial charge in [0.15, 0.2) is 5.82 Å². The largest absolute Gasteiger partial charge is 0.382 e. The van der Waals surface area contributed by atoms with Crippen molar-refractivity contribution in [2.24, 2.45) is 0 Å². The second-order valence-electron chi connectivity index (χ2n) is 6.50. The second kappa shape index (κ2) is 7.04. The molecule has 0 saturated heterocycles. The summed E-state index contributed by atoms with van der Waals surface area (Å²) in [4.78, 5) is 9.36. The summed E-state index contributed by atoms with van der Waals surface area (Å²) in [7, 11) is 0. The van der Waals surface area contributed by atoms with Gasteiger partial charge in [-0.15, -0.1) is 0 Å². The third kappa shape index (κ3) is 2.96. The number of fused-ring (bicyclic) bond motifs is 3. The first kappa shape index (κ1) is 16.4. The van der Waals surface area contributed by atoms with Crippen LogP contribution < -0.4 is 11.2 Å². The Balaban J connectivity index is 1.86. The second-order valence-corrected chi connectivity index (χ2v) is 6.50. The van der Waals surface area contributed by atoms with Gasteiger partial charge in [-0.2, -0.15) is 0 Å². The molecule has 0 amide bonds. The zero-order chi connectivity index (χ0) is 17.9. The maximum Gasteiger partial charge on any atom is 0.152 e. The van der Waals surface area contributed by atoms with E-state index in [1.165, 1.54) is 5.56 Å². The van der Waals surface area contributed by atoms with E-state index in [2.05, 4.69) is 52.3 Å². The number of nitrogens with one attached hydrogen (secondary N) is 1. The van der Waals surface area contributed by atoms with Crippen LogP contribution in [0.3, 0.4) is 0 Å². The molecule has 0 aliphatic rings. The van der Waals surface area contributed by atoms with Crippen molar-refractivity contribution >= 4 is 27.8 Å². The number of benzene rings is 2. The van der Waals surface area contributed by atoms with E-state index < -0.39 is 0 Å². The topological polar surface area (TPSA) is 68.8 Å². The van der Waals surface area contributed by atoms with Crippen LogP contribution >= 0.6 is 0 Å². The molecule has 0 spiro atoms. The summed E-state index contributed by atoms with van der Waals surface area (Å²) in [6, 6.07) is 18.5. The maximum absolute atomic E-state index is 6.23. The van der Waals surface area contributed by atoms with E-state index >= 15 is 0 Å². The molecule has 0 aliphatic heterocycles. The Bertz CT molecular complexity index is 1040. The van der Waals surface area contributed by atoms with Crippen molar-refractivity contribution in [3.63, 3.8) is 0 Å². The number of para-hydroxylation sites is 1. The molecule has 0 unspecified atom stereocenters. The molecule has 132 valence electrons. The average Bonchev–Trinajstić information content (AvgIpc) is 3.05.